The minimum atomic E-state index is -0.211. The molecule has 0 radical (unpaired) electrons. The number of amides is 1. The number of nitrogens with zero attached hydrogens (tertiary/aromatic N) is 6. The quantitative estimate of drug-likeness (QED) is 0.771. The summed E-state index contributed by atoms with van der Waals surface area (Å²) in [6, 6.07) is 0.354. The predicted octanol–water partition coefficient (Wildman–Crippen LogP) is 2.25. The lowest BCUT2D eigenvalue weighted by molar-refractivity contribution is 0.0628. The summed E-state index contributed by atoms with van der Waals surface area (Å²) < 4.78 is 3.59. The number of hydrogen-bond acceptors (Lipinski definition) is 5. The van der Waals surface area contributed by atoms with Crippen LogP contribution in [0, 0.1) is 5.92 Å². The smallest absolute Gasteiger partial charge is 0.276 e. The second-order valence-electron chi connectivity index (χ2n) is 7.69. The first-order valence-electron chi connectivity index (χ1n) is 9.86. The highest BCUT2D eigenvalue weighted by Gasteiger charge is 2.32. The van der Waals surface area contributed by atoms with Crippen molar-refractivity contribution < 1.29 is 9.59 Å². The Bertz CT molecular complexity index is 820. The SMILES string of the molecule is Cn1ccnc1C(=O)C1CCCN(C(=O)c2cn(C3CCCCC3)nn2)C1. The third-order valence-electron chi connectivity index (χ3n) is 5.80. The normalized spacial score (nSPS) is 21.4. The van der Waals surface area contributed by atoms with Crippen LogP contribution in [0.5, 0.6) is 0 Å². The fraction of sp³-hybridized carbons (Fsp3) is 0.632. The second kappa shape index (κ2) is 7.62. The maximum absolute atomic E-state index is 12.9. The molecule has 2 fully saturated rings. The Balaban J connectivity index is 1.43. The van der Waals surface area contributed by atoms with E-state index in [-0.39, 0.29) is 17.6 Å². The molecule has 0 N–H and O–H groups in total. The number of carbonyl (C=O) groups excluding carboxylic acids is 2. The van der Waals surface area contributed by atoms with E-state index in [2.05, 4.69) is 15.3 Å². The molecule has 0 spiro atoms. The minimum absolute atomic E-state index is 0.00543. The van der Waals surface area contributed by atoms with E-state index in [1.165, 1.54) is 19.3 Å². The van der Waals surface area contributed by atoms with Crippen molar-refractivity contribution in [3.8, 4) is 0 Å². The summed E-state index contributed by atoms with van der Waals surface area (Å²) in [5.41, 5.74) is 0.380. The highest BCUT2D eigenvalue weighted by atomic mass is 16.2. The Kier molecular flexibility index (Phi) is 5.05. The van der Waals surface area contributed by atoms with Gasteiger partial charge in [-0.15, -0.1) is 5.10 Å². The van der Waals surface area contributed by atoms with Crippen molar-refractivity contribution in [2.45, 2.75) is 51.0 Å². The van der Waals surface area contributed by atoms with Gasteiger partial charge in [-0.1, -0.05) is 24.5 Å². The van der Waals surface area contributed by atoms with Crippen molar-refractivity contribution >= 4 is 11.7 Å². The van der Waals surface area contributed by atoms with E-state index in [1.54, 1.807) is 28.1 Å². The van der Waals surface area contributed by atoms with Gasteiger partial charge in [-0.05, 0) is 25.7 Å². The molecular weight excluding hydrogens is 344 g/mol. The van der Waals surface area contributed by atoms with E-state index in [0.717, 1.165) is 25.7 Å². The van der Waals surface area contributed by atoms with Crippen molar-refractivity contribution in [2.75, 3.05) is 13.1 Å². The third kappa shape index (κ3) is 3.65. The van der Waals surface area contributed by atoms with Gasteiger partial charge in [0.15, 0.2) is 11.5 Å². The molecule has 1 saturated carbocycles. The van der Waals surface area contributed by atoms with Gasteiger partial charge in [0.25, 0.3) is 5.91 Å². The van der Waals surface area contributed by atoms with Crippen LogP contribution < -0.4 is 0 Å². The number of Topliss-reactive ketones (excluding diaryl/α,β-unsaturated/α-hetero) is 1. The van der Waals surface area contributed by atoms with Crippen LogP contribution in [0.15, 0.2) is 18.6 Å². The zero-order valence-electron chi connectivity index (χ0n) is 15.8. The number of aromatic nitrogens is 5. The summed E-state index contributed by atoms with van der Waals surface area (Å²) in [6.07, 6.45) is 12.6. The number of piperidine rings is 1. The first kappa shape index (κ1) is 17.9. The molecule has 0 bridgehead atoms. The van der Waals surface area contributed by atoms with Crippen LogP contribution in [0.2, 0.25) is 0 Å². The van der Waals surface area contributed by atoms with Gasteiger partial charge in [-0.25, -0.2) is 9.67 Å². The monoisotopic (exact) mass is 370 g/mol. The van der Waals surface area contributed by atoms with Crippen molar-refractivity contribution in [1.29, 1.82) is 0 Å². The minimum Gasteiger partial charge on any atom is -0.336 e. The zero-order valence-corrected chi connectivity index (χ0v) is 15.8. The average molecular weight is 370 g/mol. The Morgan fingerprint density at radius 1 is 1.11 bits per heavy atom. The lowest BCUT2D eigenvalue weighted by Crippen LogP contribution is -2.42. The molecule has 1 saturated heterocycles. The molecule has 2 aromatic rings. The molecular formula is C19H26N6O2. The molecule has 0 aromatic carbocycles. The highest BCUT2D eigenvalue weighted by Crippen LogP contribution is 2.27. The van der Waals surface area contributed by atoms with Crippen LogP contribution in [0.25, 0.3) is 0 Å². The standard InChI is InChI=1S/C19H26N6O2/c1-23-11-9-20-18(23)17(26)14-6-5-10-24(12-14)19(27)16-13-25(22-21-16)15-7-3-2-4-8-15/h9,11,13-15H,2-8,10,12H2,1H3. The third-order valence-corrected chi connectivity index (χ3v) is 5.80. The summed E-state index contributed by atoms with van der Waals surface area (Å²) in [5, 5.41) is 8.32. The molecule has 2 aliphatic rings. The Morgan fingerprint density at radius 2 is 1.93 bits per heavy atom. The molecule has 1 aliphatic carbocycles. The van der Waals surface area contributed by atoms with Gasteiger partial charge in [0, 0.05) is 38.4 Å². The van der Waals surface area contributed by atoms with Crippen molar-refractivity contribution in [3.05, 3.63) is 30.1 Å². The molecule has 4 rings (SSSR count). The van der Waals surface area contributed by atoms with Gasteiger partial charge in [-0.3, -0.25) is 9.59 Å². The van der Waals surface area contributed by atoms with Crippen LogP contribution in [-0.2, 0) is 7.05 Å². The molecule has 8 heteroatoms. The van der Waals surface area contributed by atoms with E-state index in [4.69, 9.17) is 0 Å². The van der Waals surface area contributed by atoms with Crippen LogP contribution >= 0.6 is 0 Å². The molecule has 1 atom stereocenters. The largest absolute Gasteiger partial charge is 0.336 e. The van der Waals surface area contributed by atoms with Gasteiger partial charge in [-0.2, -0.15) is 0 Å². The fourth-order valence-corrected chi connectivity index (χ4v) is 4.22. The number of likely N-dealkylation sites (tertiary alicyclic amines) is 1. The first-order valence-corrected chi connectivity index (χ1v) is 9.86. The predicted molar refractivity (Wildman–Crippen MR) is 98.3 cm³/mol. The van der Waals surface area contributed by atoms with Gasteiger partial charge in [0.1, 0.15) is 0 Å². The number of aryl methyl sites for hydroxylation is 1. The first-order chi connectivity index (χ1) is 13.1. The summed E-state index contributed by atoms with van der Waals surface area (Å²) in [4.78, 5) is 31.5. The van der Waals surface area contributed by atoms with Crippen LogP contribution in [0.3, 0.4) is 0 Å². The number of hydrogen-bond donors (Lipinski definition) is 0. The molecule has 1 amide bonds. The van der Waals surface area contributed by atoms with Crippen molar-refractivity contribution in [3.63, 3.8) is 0 Å². The Morgan fingerprint density at radius 3 is 2.67 bits per heavy atom. The van der Waals surface area contributed by atoms with Crippen LogP contribution in [0.1, 0.15) is 72.1 Å². The lowest BCUT2D eigenvalue weighted by atomic mass is 9.93. The summed E-state index contributed by atoms with van der Waals surface area (Å²) >= 11 is 0. The van der Waals surface area contributed by atoms with Gasteiger partial charge >= 0.3 is 0 Å². The maximum Gasteiger partial charge on any atom is 0.276 e. The van der Waals surface area contributed by atoms with E-state index in [9.17, 15) is 9.59 Å². The average Bonchev–Trinajstić information content (AvgIpc) is 3.37. The van der Waals surface area contributed by atoms with E-state index in [0.29, 0.717) is 30.6 Å². The molecule has 144 valence electrons. The summed E-state index contributed by atoms with van der Waals surface area (Å²) in [6.45, 7) is 1.07. The second-order valence-corrected chi connectivity index (χ2v) is 7.69. The Labute approximate surface area is 158 Å². The maximum atomic E-state index is 12.9. The molecule has 2 aromatic heterocycles. The van der Waals surface area contributed by atoms with Crippen LogP contribution in [-0.4, -0.2) is 54.2 Å². The summed E-state index contributed by atoms with van der Waals surface area (Å²) in [5.74, 6) is 0.120. The van der Waals surface area contributed by atoms with Crippen molar-refractivity contribution in [1.82, 2.24) is 29.4 Å². The zero-order chi connectivity index (χ0) is 18.8. The molecule has 1 unspecified atom stereocenters. The number of ketones is 1. The topological polar surface area (TPSA) is 85.9 Å². The highest BCUT2D eigenvalue weighted by molar-refractivity contribution is 5.96. The molecule has 8 nitrogen and oxygen atoms in total. The summed E-state index contributed by atoms with van der Waals surface area (Å²) in [7, 11) is 1.82. The number of imidazole rings is 1. The van der Waals surface area contributed by atoms with Crippen molar-refractivity contribution in [2.24, 2.45) is 13.0 Å². The number of rotatable bonds is 4. The van der Waals surface area contributed by atoms with E-state index in [1.807, 2.05) is 11.7 Å². The van der Waals surface area contributed by atoms with Gasteiger partial charge in [0.05, 0.1) is 12.2 Å². The van der Waals surface area contributed by atoms with Crippen LogP contribution in [0.4, 0.5) is 0 Å². The molecule has 27 heavy (non-hydrogen) atoms. The van der Waals surface area contributed by atoms with Gasteiger partial charge in [0.2, 0.25) is 5.78 Å². The fourth-order valence-electron chi connectivity index (χ4n) is 4.22. The van der Waals surface area contributed by atoms with Gasteiger partial charge < -0.3 is 9.47 Å². The van der Waals surface area contributed by atoms with E-state index < -0.39 is 0 Å². The van der Waals surface area contributed by atoms with E-state index >= 15 is 0 Å². The molecule has 3 heterocycles. The lowest BCUT2D eigenvalue weighted by Gasteiger charge is -2.31. The Hall–Kier alpha value is -2.51. The number of carbonyl (C=O) groups is 2. The molecule has 1 aliphatic heterocycles.